The number of para-hydroxylation sites is 1. The predicted octanol–water partition coefficient (Wildman–Crippen LogP) is 4.69. The normalized spacial score (nSPS) is 12.6. The molecular weight excluding hydrogens is 362 g/mol. The van der Waals surface area contributed by atoms with Crippen molar-refractivity contribution in [2.45, 2.75) is 6.42 Å². The second-order valence-electron chi connectivity index (χ2n) is 6.24. The van der Waals surface area contributed by atoms with Gasteiger partial charge in [0, 0.05) is 29.7 Å². The van der Waals surface area contributed by atoms with Gasteiger partial charge in [0.2, 0.25) is 0 Å². The summed E-state index contributed by atoms with van der Waals surface area (Å²) >= 11 is 6.13. The maximum atomic E-state index is 12.7. The van der Waals surface area contributed by atoms with Crippen molar-refractivity contribution in [1.82, 2.24) is 4.98 Å². The van der Waals surface area contributed by atoms with Crippen molar-refractivity contribution in [3.05, 3.63) is 76.9 Å². The Kier molecular flexibility index (Phi) is 4.69. The molecular formula is C21H18ClN3O2. The topological polar surface area (TPSA) is 54.5 Å². The van der Waals surface area contributed by atoms with Crippen molar-refractivity contribution < 1.29 is 9.53 Å². The zero-order valence-corrected chi connectivity index (χ0v) is 15.5. The fraction of sp³-hybridized carbons (Fsp3) is 0.143. The zero-order chi connectivity index (χ0) is 18.8. The molecule has 0 fully saturated rings. The van der Waals surface area contributed by atoms with E-state index in [1.54, 1.807) is 37.6 Å². The van der Waals surface area contributed by atoms with E-state index in [2.05, 4.69) is 27.3 Å². The summed E-state index contributed by atoms with van der Waals surface area (Å²) < 4.78 is 5.13. The van der Waals surface area contributed by atoms with Gasteiger partial charge in [0.15, 0.2) is 0 Å². The van der Waals surface area contributed by atoms with Gasteiger partial charge in [0.1, 0.15) is 11.6 Å². The minimum atomic E-state index is -0.215. The van der Waals surface area contributed by atoms with Crippen LogP contribution in [0.2, 0.25) is 5.02 Å². The molecule has 1 aromatic heterocycles. The van der Waals surface area contributed by atoms with Crippen molar-refractivity contribution in [1.29, 1.82) is 0 Å². The van der Waals surface area contributed by atoms with E-state index in [1.807, 2.05) is 18.2 Å². The lowest BCUT2D eigenvalue weighted by molar-refractivity contribution is 0.102. The summed E-state index contributed by atoms with van der Waals surface area (Å²) in [4.78, 5) is 19.3. The van der Waals surface area contributed by atoms with Gasteiger partial charge in [-0.3, -0.25) is 4.79 Å². The van der Waals surface area contributed by atoms with Crippen LogP contribution >= 0.6 is 11.6 Å². The van der Waals surface area contributed by atoms with Crippen LogP contribution in [-0.4, -0.2) is 24.5 Å². The van der Waals surface area contributed by atoms with Gasteiger partial charge in [-0.15, -0.1) is 0 Å². The molecule has 1 aliphatic rings. The number of ether oxygens (including phenoxy) is 1. The quantitative estimate of drug-likeness (QED) is 0.714. The summed E-state index contributed by atoms with van der Waals surface area (Å²) in [6.45, 7) is 0.853. The Morgan fingerprint density at radius 2 is 2.04 bits per heavy atom. The van der Waals surface area contributed by atoms with Crippen LogP contribution in [0.1, 0.15) is 15.9 Å². The molecule has 0 saturated carbocycles. The second kappa shape index (κ2) is 7.29. The molecule has 136 valence electrons. The number of fused-ring (bicyclic) bond motifs is 1. The number of pyridine rings is 1. The van der Waals surface area contributed by atoms with Gasteiger partial charge < -0.3 is 15.0 Å². The van der Waals surface area contributed by atoms with Gasteiger partial charge in [-0.25, -0.2) is 4.98 Å². The average molecular weight is 380 g/mol. The second-order valence-corrected chi connectivity index (χ2v) is 6.64. The number of benzene rings is 2. The highest BCUT2D eigenvalue weighted by molar-refractivity contribution is 6.32. The number of hydrogen-bond acceptors (Lipinski definition) is 4. The van der Waals surface area contributed by atoms with E-state index in [9.17, 15) is 4.79 Å². The molecule has 2 aromatic carbocycles. The molecule has 0 radical (unpaired) electrons. The molecule has 6 heteroatoms. The highest BCUT2D eigenvalue weighted by atomic mass is 35.5. The molecule has 0 saturated heterocycles. The molecule has 2 heterocycles. The first-order valence-corrected chi connectivity index (χ1v) is 9.00. The number of hydrogen-bond donors (Lipinski definition) is 1. The lowest BCUT2D eigenvalue weighted by Gasteiger charge is -2.18. The number of carbonyl (C=O) groups excluding carboxylic acids is 1. The summed E-state index contributed by atoms with van der Waals surface area (Å²) in [6.07, 6.45) is 2.63. The van der Waals surface area contributed by atoms with Crippen LogP contribution in [0.15, 0.2) is 60.8 Å². The van der Waals surface area contributed by atoms with E-state index in [4.69, 9.17) is 16.3 Å². The van der Waals surface area contributed by atoms with Gasteiger partial charge >= 0.3 is 0 Å². The molecule has 0 aliphatic carbocycles. The van der Waals surface area contributed by atoms with Gasteiger partial charge in [-0.2, -0.15) is 0 Å². The fourth-order valence-electron chi connectivity index (χ4n) is 3.23. The van der Waals surface area contributed by atoms with Gasteiger partial charge in [0.25, 0.3) is 5.91 Å². The number of amides is 1. The number of carbonyl (C=O) groups is 1. The number of anilines is 3. The Balaban J connectivity index is 1.56. The van der Waals surface area contributed by atoms with E-state index < -0.39 is 0 Å². The third-order valence-electron chi connectivity index (χ3n) is 4.58. The summed E-state index contributed by atoms with van der Waals surface area (Å²) in [7, 11) is 1.55. The zero-order valence-electron chi connectivity index (χ0n) is 14.8. The number of rotatable bonds is 4. The molecule has 1 amide bonds. The van der Waals surface area contributed by atoms with Gasteiger partial charge in [-0.1, -0.05) is 29.8 Å². The summed E-state index contributed by atoms with van der Waals surface area (Å²) in [5, 5.41) is 3.31. The van der Waals surface area contributed by atoms with Crippen molar-refractivity contribution in [2.75, 3.05) is 23.9 Å². The highest BCUT2D eigenvalue weighted by Gasteiger charge is 2.21. The van der Waals surface area contributed by atoms with E-state index in [-0.39, 0.29) is 5.91 Å². The minimum Gasteiger partial charge on any atom is -0.495 e. The standard InChI is InChI=1S/C21H18ClN3O2/c1-27-19-7-6-16(13-17(19)22)24-21(26)15-8-10-23-20(12-15)25-11-9-14-4-2-3-5-18(14)25/h2-8,10,12-13H,9,11H2,1H3,(H,24,26). The first-order valence-electron chi connectivity index (χ1n) is 8.62. The van der Waals surface area contributed by atoms with Crippen LogP contribution in [0.5, 0.6) is 5.75 Å². The lowest BCUT2D eigenvalue weighted by atomic mass is 10.2. The van der Waals surface area contributed by atoms with Gasteiger partial charge in [0.05, 0.1) is 12.1 Å². The van der Waals surface area contributed by atoms with Crippen molar-refractivity contribution in [3.8, 4) is 5.75 Å². The highest BCUT2D eigenvalue weighted by Crippen LogP contribution is 2.33. The van der Waals surface area contributed by atoms with Gasteiger partial charge in [-0.05, 0) is 48.4 Å². The SMILES string of the molecule is COc1ccc(NC(=O)c2ccnc(N3CCc4ccccc43)c2)cc1Cl. The number of methoxy groups -OCH3 is 1. The largest absolute Gasteiger partial charge is 0.495 e. The van der Waals surface area contributed by atoms with Crippen LogP contribution in [-0.2, 0) is 6.42 Å². The molecule has 27 heavy (non-hydrogen) atoms. The molecule has 3 aromatic rings. The first kappa shape index (κ1) is 17.4. The van der Waals surface area contributed by atoms with Crippen LogP contribution in [0.25, 0.3) is 0 Å². The third-order valence-corrected chi connectivity index (χ3v) is 4.88. The maximum Gasteiger partial charge on any atom is 0.255 e. The summed E-state index contributed by atoms with van der Waals surface area (Å²) in [5.41, 5.74) is 3.58. The van der Waals surface area contributed by atoms with E-state index >= 15 is 0 Å². The molecule has 1 aliphatic heterocycles. The third kappa shape index (κ3) is 3.46. The number of nitrogens with zero attached hydrogens (tertiary/aromatic N) is 2. The van der Waals surface area contributed by atoms with Crippen molar-refractivity contribution in [3.63, 3.8) is 0 Å². The predicted molar refractivity (Wildman–Crippen MR) is 107 cm³/mol. The van der Waals surface area contributed by atoms with Crippen LogP contribution < -0.4 is 15.0 Å². The minimum absolute atomic E-state index is 0.215. The monoisotopic (exact) mass is 379 g/mol. The fourth-order valence-corrected chi connectivity index (χ4v) is 3.49. The number of aromatic nitrogens is 1. The van der Waals surface area contributed by atoms with Crippen molar-refractivity contribution in [2.24, 2.45) is 0 Å². The maximum absolute atomic E-state index is 12.7. The molecule has 0 unspecified atom stereocenters. The molecule has 5 nitrogen and oxygen atoms in total. The lowest BCUT2D eigenvalue weighted by Crippen LogP contribution is -2.17. The Morgan fingerprint density at radius 1 is 1.19 bits per heavy atom. The van der Waals surface area contributed by atoms with E-state index in [1.165, 1.54) is 5.56 Å². The van der Waals surface area contributed by atoms with E-state index in [0.29, 0.717) is 22.0 Å². The Morgan fingerprint density at radius 3 is 2.85 bits per heavy atom. The first-order chi connectivity index (χ1) is 13.2. The Labute approximate surface area is 162 Å². The van der Waals surface area contributed by atoms with Crippen LogP contribution in [0.4, 0.5) is 17.2 Å². The Bertz CT molecular complexity index is 1010. The molecule has 1 N–H and O–H groups in total. The van der Waals surface area contributed by atoms with Crippen molar-refractivity contribution >= 4 is 34.7 Å². The van der Waals surface area contributed by atoms with Crippen LogP contribution in [0, 0.1) is 0 Å². The number of nitrogens with one attached hydrogen (secondary N) is 1. The van der Waals surface area contributed by atoms with Crippen LogP contribution in [0.3, 0.4) is 0 Å². The molecule has 4 rings (SSSR count). The summed E-state index contributed by atoms with van der Waals surface area (Å²) in [5.74, 6) is 1.11. The molecule has 0 bridgehead atoms. The molecule has 0 atom stereocenters. The smallest absolute Gasteiger partial charge is 0.255 e. The Hall–Kier alpha value is -3.05. The molecule has 0 spiro atoms. The number of halogens is 1. The van der Waals surface area contributed by atoms with E-state index in [0.717, 1.165) is 24.5 Å². The summed E-state index contributed by atoms with van der Waals surface area (Å²) in [6, 6.07) is 16.9. The average Bonchev–Trinajstić information content (AvgIpc) is 3.12.